The van der Waals surface area contributed by atoms with E-state index in [-0.39, 0.29) is 12.5 Å². The van der Waals surface area contributed by atoms with Crippen LogP contribution in [0, 0.1) is 5.92 Å². The number of unbranched alkanes of at least 4 members (excludes halogenated alkanes) is 2. The van der Waals surface area contributed by atoms with Gasteiger partial charge in [0.15, 0.2) is 0 Å². The van der Waals surface area contributed by atoms with Gasteiger partial charge >= 0.3 is 12.1 Å². The van der Waals surface area contributed by atoms with Crippen molar-refractivity contribution in [3.8, 4) is 0 Å². The maximum absolute atomic E-state index is 12.2. The summed E-state index contributed by atoms with van der Waals surface area (Å²) in [5.41, 5.74) is 0.895. The van der Waals surface area contributed by atoms with Crippen LogP contribution in [-0.4, -0.2) is 34.7 Å². The maximum atomic E-state index is 12.2. The molecule has 1 saturated heterocycles. The Bertz CT molecular complexity index is 517. The predicted molar refractivity (Wildman–Crippen MR) is 87.0 cm³/mol. The van der Waals surface area contributed by atoms with Crippen LogP contribution in [0.5, 0.6) is 0 Å². The first-order valence-corrected chi connectivity index (χ1v) is 8.32. The van der Waals surface area contributed by atoms with Crippen molar-refractivity contribution >= 4 is 12.1 Å². The van der Waals surface area contributed by atoms with E-state index in [0.29, 0.717) is 13.0 Å². The van der Waals surface area contributed by atoms with Gasteiger partial charge in [-0.2, -0.15) is 0 Å². The Balaban J connectivity index is 1.89. The van der Waals surface area contributed by atoms with Crippen molar-refractivity contribution in [2.24, 2.45) is 5.92 Å². The monoisotopic (exact) mass is 319 g/mol. The van der Waals surface area contributed by atoms with E-state index >= 15 is 0 Å². The van der Waals surface area contributed by atoms with Gasteiger partial charge in [-0.15, -0.1) is 0 Å². The van der Waals surface area contributed by atoms with Crippen LogP contribution in [-0.2, 0) is 16.1 Å². The molecule has 23 heavy (non-hydrogen) atoms. The quantitative estimate of drug-likeness (QED) is 0.779. The van der Waals surface area contributed by atoms with Crippen LogP contribution in [0.15, 0.2) is 30.3 Å². The van der Waals surface area contributed by atoms with E-state index in [1.54, 1.807) is 0 Å². The Labute approximate surface area is 137 Å². The number of carboxylic acids is 1. The van der Waals surface area contributed by atoms with Crippen molar-refractivity contribution in [1.29, 1.82) is 0 Å². The zero-order chi connectivity index (χ0) is 16.7. The first-order valence-electron chi connectivity index (χ1n) is 8.32. The van der Waals surface area contributed by atoms with Crippen LogP contribution in [0.2, 0.25) is 0 Å². The van der Waals surface area contributed by atoms with E-state index in [4.69, 9.17) is 4.74 Å². The van der Waals surface area contributed by atoms with Gasteiger partial charge in [0.05, 0.1) is 0 Å². The summed E-state index contributed by atoms with van der Waals surface area (Å²) in [6, 6.07) is 8.64. The first-order chi connectivity index (χ1) is 11.1. The molecule has 0 spiro atoms. The minimum atomic E-state index is -0.945. The molecule has 1 N–H and O–H groups in total. The lowest BCUT2D eigenvalue weighted by atomic mass is 9.98. The standard InChI is InChI=1S/C18H25NO4/c1-2-3-5-10-15-11-16(17(20)21)19(12-15)18(22)23-13-14-8-6-4-7-9-14/h4,6-9,15-16H,2-3,5,10-13H2,1H3,(H,20,21)/t15?,16-/m0/s1. The highest BCUT2D eigenvalue weighted by molar-refractivity contribution is 5.80. The zero-order valence-corrected chi connectivity index (χ0v) is 13.6. The van der Waals surface area contributed by atoms with Crippen molar-refractivity contribution < 1.29 is 19.4 Å². The Morgan fingerprint density at radius 1 is 1.26 bits per heavy atom. The SMILES string of the molecule is CCCCCC1C[C@@H](C(=O)O)N(C(=O)OCc2ccccc2)C1. The molecule has 1 aliphatic heterocycles. The highest BCUT2D eigenvalue weighted by Crippen LogP contribution is 2.28. The molecule has 2 atom stereocenters. The third-order valence-electron chi connectivity index (χ3n) is 4.33. The molecule has 126 valence electrons. The topological polar surface area (TPSA) is 66.8 Å². The Morgan fingerprint density at radius 3 is 2.65 bits per heavy atom. The van der Waals surface area contributed by atoms with Gasteiger partial charge in [-0.05, 0) is 24.3 Å². The number of carbonyl (C=O) groups excluding carboxylic acids is 1. The molecule has 0 radical (unpaired) electrons. The van der Waals surface area contributed by atoms with Gasteiger partial charge in [0.2, 0.25) is 0 Å². The lowest BCUT2D eigenvalue weighted by Gasteiger charge is -2.20. The fourth-order valence-corrected chi connectivity index (χ4v) is 3.05. The van der Waals surface area contributed by atoms with Crippen molar-refractivity contribution in [1.82, 2.24) is 4.90 Å². The largest absolute Gasteiger partial charge is 0.480 e. The van der Waals surface area contributed by atoms with Gasteiger partial charge in [0, 0.05) is 6.54 Å². The third kappa shape index (κ3) is 4.98. The van der Waals surface area contributed by atoms with Crippen LogP contribution in [0.3, 0.4) is 0 Å². The second kappa shape index (κ2) is 8.56. The van der Waals surface area contributed by atoms with E-state index in [1.165, 1.54) is 4.90 Å². The number of nitrogens with zero attached hydrogens (tertiary/aromatic N) is 1. The summed E-state index contributed by atoms with van der Waals surface area (Å²) in [4.78, 5) is 25.0. The number of amides is 1. The first kappa shape index (κ1) is 17.3. The molecular formula is C18H25NO4. The Morgan fingerprint density at radius 2 is 2.00 bits per heavy atom. The molecule has 1 aliphatic rings. The van der Waals surface area contributed by atoms with Gasteiger partial charge in [0.1, 0.15) is 12.6 Å². The fraction of sp³-hybridized carbons (Fsp3) is 0.556. The van der Waals surface area contributed by atoms with E-state index in [1.807, 2.05) is 30.3 Å². The summed E-state index contributed by atoms with van der Waals surface area (Å²) < 4.78 is 5.29. The molecule has 0 bridgehead atoms. The molecule has 0 saturated carbocycles. The number of rotatable bonds is 7. The minimum Gasteiger partial charge on any atom is -0.480 e. The van der Waals surface area contributed by atoms with Crippen molar-refractivity contribution in [3.63, 3.8) is 0 Å². The van der Waals surface area contributed by atoms with Gasteiger partial charge in [0.25, 0.3) is 0 Å². The fourth-order valence-electron chi connectivity index (χ4n) is 3.05. The van der Waals surface area contributed by atoms with Gasteiger partial charge in [-0.1, -0.05) is 56.5 Å². The minimum absolute atomic E-state index is 0.170. The second-order valence-corrected chi connectivity index (χ2v) is 6.14. The summed E-state index contributed by atoms with van der Waals surface area (Å²) in [5.74, 6) is -0.688. The summed E-state index contributed by atoms with van der Waals surface area (Å²) in [7, 11) is 0. The molecule has 5 heteroatoms. The molecular weight excluding hydrogens is 294 g/mol. The van der Waals surface area contributed by atoms with Crippen LogP contribution >= 0.6 is 0 Å². The lowest BCUT2D eigenvalue weighted by Crippen LogP contribution is -2.40. The molecule has 2 rings (SSSR count). The van der Waals surface area contributed by atoms with E-state index in [9.17, 15) is 14.7 Å². The van der Waals surface area contributed by atoms with Gasteiger partial charge in [-0.25, -0.2) is 9.59 Å². The van der Waals surface area contributed by atoms with Crippen LogP contribution in [0.4, 0.5) is 4.79 Å². The van der Waals surface area contributed by atoms with Crippen molar-refractivity contribution in [2.75, 3.05) is 6.54 Å². The van der Waals surface area contributed by atoms with E-state index in [2.05, 4.69) is 6.92 Å². The smallest absolute Gasteiger partial charge is 0.410 e. The number of benzene rings is 1. The number of hydrogen-bond acceptors (Lipinski definition) is 3. The average Bonchev–Trinajstić information content (AvgIpc) is 2.98. The zero-order valence-electron chi connectivity index (χ0n) is 13.6. The Kier molecular flexibility index (Phi) is 6.44. The Hall–Kier alpha value is -2.04. The number of aliphatic carboxylic acids is 1. The van der Waals surface area contributed by atoms with E-state index < -0.39 is 18.1 Å². The third-order valence-corrected chi connectivity index (χ3v) is 4.33. The highest BCUT2D eigenvalue weighted by Gasteiger charge is 2.40. The van der Waals surface area contributed by atoms with Gasteiger partial charge < -0.3 is 9.84 Å². The molecule has 1 fully saturated rings. The molecule has 1 amide bonds. The predicted octanol–water partition coefficient (Wildman–Crippen LogP) is 3.68. The number of carboxylic acid groups (broad SMARTS) is 1. The van der Waals surface area contributed by atoms with Crippen molar-refractivity contribution in [2.45, 2.75) is 51.7 Å². The summed E-state index contributed by atoms with van der Waals surface area (Å²) in [6.07, 6.45) is 4.34. The van der Waals surface area contributed by atoms with Crippen LogP contribution in [0.1, 0.15) is 44.6 Å². The van der Waals surface area contributed by atoms with E-state index in [0.717, 1.165) is 31.2 Å². The number of hydrogen-bond donors (Lipinski definition) is 1. The number of likely N-dealkylation sites (tertiary alicyclic amines) is 1. The molecule has 1 aromatic rings. The number of ether oxygens (including phenoxy) is 1. The summed E-state index contributed by atoms with van der Waals surface area (Å²) in [6.45, 7) is 2.79. The normalized spacial score (nSPS) is 20.5. The molecule has 5 nitrogen and oxygen atoms in total. The maximum Gasteiger partial charge on any atom is 0.410 e. The average molecular weight is 319 g/mol. The highest BCUT2D eigenvalue weighted by atomic mass is 16.6. The summed E-state index contributed by atoms with van der Waals surface area (Å²) in [5, 5.41) is 9.36. The second-order valence-electron chi connectivity index (χ2n) is 6.14. The molecule has 0 aromatic heterocycles. The van der Waals surface area contributed by atoms with Crippen molar-refractivity contribution in [3.05, 3.63) is 35.9 Å². The van der Waals surface area contributed by atoms with Crippen LogP contribution < -0.4 is 0 Å². The van der Waals surface area contributed by atoms with Gasteiger partial charge in [-0.3, -0.25) is 4.90 Å². The molecule has 1 unspecified atom stereocenters. The summed E-state index contributed by atoms with van der Waals surface area (Å²) >= 11 is 0. The number of carbonyl (C=O) groups is 2. The molecule has 1 heterocycles. The van der Waals surface area contributed by atoms with Crippen LogP contribution in [0.25, 0.3) is 0 Å². The lowest BCUT2D eigenvalue weighted by molar-refractivity contribution is -0.141. The molecule has 0 aliphatic carbocycles. The molecule has 1 aromatic carbocycles.